The van der Waals surface area contributed by atoms with E-state index in [-0.39, 0.29) is 12.2 Å². The Morgan fingerprint density at radius 3 is 2.08 bits per heavy atom. The van der Waals surface area contributed by atoms with Crippen LogP contribution in [0.4, 0.5) is 0 Å². The van der Waals surface area contributed by atoms with Crippen LogP contribution < -0.4 is 5.56 Å². The molecule has 7 nitrogen and oxygen atoms in total. The molecule has 0 bridgehead atoms. The van der Waals surface area contributed by atoms with E-state index in [4.69, 9.17) is 9.36 Å². The van der Waals surface area contributed by atoms with Crippen molar-refractivity contribution in [1.82, 2.24) is 9.80 Å². The minimum Gasteiger partial charge on any atom is -0.380 e. The summed E-state index contributed by atoms with van der Waals surface area (Å²) < 4.78 is 6.59. The lowest BCUT2D eigenvalue weighted by atomic mass is 9.91. The molecule has 0 saturated heterocycles. The highest BCUT2D eigenvalue weighted by Crippen LogP contribution is 2.27. The maximum absolute atomic E-state index is 12.3. The number of aromatic nitrogens is 1. The van der Waals surface area contributed by atoms with E-state index in [9.17, 15) is 14.4 Å². The number of amides is 2. The highest BCUT2D eigenvalue weighted by molar-refractivity contribution is 6.20. The maximum atomic E-state index is 12.3. The predicted molar refractivity (Wildman–Crippen MR) is 84.4 cm³/mol. The van der Waals surface area contributed by atoms with Gasteiger partial charge in [0.2, 0.25) is 0 Å². The predicted octanol–water partition coefficient (Wildman–Crippen LogP) is 2.00. The van der Waals surface area contributed by atoms with Gasteiger partial charge in [-0.15, -0.1) is 5.06 Å². The quantitative estimate of drug-likeness (QED) is 0.804. The normalized spacial score (nSPS) is 14.4. The fraction of sp³-hybridized carbons (Fsp3) is 0.353. The van der Waals surface area contributed by atoms with Gasteiger partial charge in [0.15, 0.2) is 0 Å². The van der Waals surface area contributed by atoms with Crippen LogP contribution in [-0.4, -0.2) is 21.6 Å². The average molecular weight is 330 g/mol. The van der Waals surface area contributed by atoms with Crippen molar-refractivity contribution in [1.29, 1.82) is 0 Å². The zero-order valence-electron chi connectivity index (χ0n) is 14.0. The first-order valence-electron chi connectivity index (χ1n) is 7.52. The van der Waals surface area contributed by atoms with E-state index in [1.165, 1.54) is 7.05 Å². The number of hydroxylamine groups is 2. The molecule has 1 aromatic heterocycles. The van der Waals surface area contributed by atoms with E-state index in [1.807, 2.05) is 20.8 Å². The molecule has 0 N–H and O–H groups in total. The van der Waals surface area contributed by atoms with Crippen molar-refractivity contribution in [2.45, 2.75) is 32.8 Å². The molecule has 0 atom stereocenters. The van der Waals surface area contributed by atoms with Crippen molar-refractivity contribution in [2.24, 2.45) is 7.05 Å². The Balaban J connectivity index is 1.87. The Bertz CT molecular complexity index is 850. The van der Waals surface area contributed by atoms with Crippen LogP contribution in [0.25, 0.3) is 0 Å². The van der Waals surface area contributed by atoms with E-state index in [1.54, 1.807) is 24.3 Å². The maximum Gasteiger partial charge on any atom is 0.288 e. The second-order valence-corrected chi connectivity index (χ2v) is 6.68. The molecule has 0 aliphatic carbocycles. The number of carbonyl (C=O) groups is 2. The minimum absolute atomic E-state index is 0.221. The molecule has 24 heavy (non-hydrogen) atoms. The number of benzene rings is 1. The van der Waals surface area contributed by atoms with Crippen molar-refractivity contribution < 1.29 is 18.9 Å². The first kappa shape index (κ1) is 16.2. The Morgan fingerprint density at radius 1 is 1.04 bits per heavy atom. The largest absolute Gasteiger partial charge is 0.380 e. The summed E-state index contributed by atoms with van der Waals surface area (Å²) in [5.41, 5.74) is 0.108. The molecule has 0 radical (unpaired) electrons. The van der Waals surface area contributed by atoms with Crippen molar-refractivity contribution in [3.63, 3.8) is 0 Å². The van der Waals surface area contributed by atoms with Gasteiger partial charge in [-0.1, -0.05) is 32.9 Å². The van der Waals surface area contributed by atoms with E-state index in [2.05, 4.69) is 0 Å². The molecule has 0 unspecified atom stereocenters. The lowest BCUT2D eigenvalue weighted by Crippen LogP contribution is -2.31. The van der Waals surface area contributed by atoms with E-state index >= 15 is 0 Å². The van der Waals surface area contributed by atoms with E-state index in [0.717, 1.165) is 4.74 Å². The number of hydrogen-bond donors (Lipinski definition) is 0. The standard InChI is InChI=1S/C17H18N2O5/c1-17(2,3)13-12(14(20)18(4)24-13)9-23-19-15(21)10-7-5-6-8-11(10)16(19)22/h5-8H,9H2,1-4H3. The number of carbonyl (C=O) groups excluding carboxylic acids is 2. The van der Waals surface area contributed by atoms with Gasteiger partial charge in [0, 0.05) is 12.5 Å². The summed E-state index contributed by atoms with van der Waals surface area (Å²) >= 11 is 0. The van der Waals surface area contributed by atoms with Crippen molar-refractivity contribution in [2.75, 3.05) is 0 Å². The molecule has 126 valence electrons. The Kier molecular flexibility index (Phi) is 3.68. The Morgan fingerprint density at radius 2 is 1.58 bits per heavy atom. The van der Waals surface area contributed by atoms with Crippen LogP contribution in [0.1, 0.15) is 52.8 Å². The molecule has 2 amide bonds. The van der Waals surface area contributed by atoms with Gasteiger partial charge < -0.3 is 4.52 Å². The van der Waals surface area contributed by atoms with Gasteiger partial charge in [-0.2, -0.15) is 4.74 Å². The number of rotatable bonds is 3. The third-order valence-electron chi connectivity index (χ3n) is 3.82. The fourth-order valence-corrected chi connectivity index (χ4v) is 2.65. The molecule has 2 aromatic rings. The van der Waals surface area contributed by atoms with Gasteiger partial charge in [0.25, 0.3) is 17.4 Å². The third-order valence-corrected chi connectivity index (χ3v) is 3.82. The van der Waals surface area contributed by atoms with Crippen molar-refractivity contribution >= 4 is 11.8 Å². The number of fused-ring (bicyclic) bond motifs is 1. The molecule has 2 heterocycles. The Labute approximate surface area is 138 Å². The first-order valence-corrected chi connectivity index (χ1v) is 7.52. The molecular formula is C17H18N2O5. The lowest BCUT2D eigenvalue weighted by molar-refractivity contribution is -0.101. The summed E-state index contributed by atoms with van der Waals surface area (Å²) in [6.07, 6.45) is 0. The molecule has 1 aromatic carbocycles. The van der Waals surface area contributed by atoms with Crippen LogP contribution in [0.2, 0.25) is 0 Å². The molecule has 0 fully saturated rings. The molecule has 0 saturated carbocycles. The smallest absolute Gasteiger partial charge is 0.288 e. The average Bonchev–Trinajstić information content (AvgIpc) is 2.94. The van der Waals surface area contributed by atoms with Crippen LogP contribution in [0.3, 0.4) is 0 Å². The second-order valence-electron chi connectivity index (χ2n) is 6.68. The molecular weight excluding hydrogens is 312 g/mol. The SMILES string of the molecule is Cn1oc(C(C)(C)C)c(CON2C(=O)c3ccccc3C2=O)c1=O. The lowest BCUT2D eigenvalue weighted by Gasteiger charge is -2.17. The number of nitrogens with zero attached hydrogens (tertiary/aromatic N) is 2. The summed E-state index contributed by atoms with van der Waals surface area (Å²) in [4.78, 5) is 42.2. The summed E-state index contributed by atoms with van der Waals surface area (Å²) in [5, 5.41) is 0.698. The summed E-state index contributed by atoms with van der Waals surface area (Å²) in [5.74, 6) is -0.604. The third kappa shape index (κ3) is 2.46. The summed E-state index contributed by atoms with van der Waals surface area (Å²) in [6, 6.07) is 6.49. The van der Waals surface area contributed by atoms with Gasteiger partial charge in [0.1, 0.15) is 12.4 Å². The molecule has 0 spiro atoms. The highest BCUT2D eigenvalue weighted by Gasteiger charge is 2.37. The first-order chi connectivity index (χ1) is 11.2. The second kappa shape index (κ2) is 5.45. The van der Waals surface area contributed by atoms with Gasteiger partial charge in [-0.3, -0.25) is 19.2 Å². The van der Waals surface area contributed by atoms with Crippen LogP contribution in [-0.2, 0) is 23.9 Å². The molecule has 1 aliphatic rings. The topological polar surface area (TPSA) is 81.8 Å². The van der Waals surface area contributed by atoms with Crippen LogP contribution in [0.15, 0.2) is 33.6 Å². The van der Waals surface area contributed by atoms with Crippen LogP contribution >= 0.6 is 0 Å². The fourth-order valence-electron chi connectivity index (χ4n) is 2.65. The van der Waals surface area contributed by atoms with E-state index < -0.39 is 17.2 Å². The van der Waals surface area contributed by atoms with E-state index in [0.29, 0.717) is 27.5 Å². The van der Waals surface area contributed by atoms with Gasteiger partial charge in [-0.05, 0) is 12.1 Å². The number of imide groups is 1. The van der Waals surface area contributed by atoms with Crippen molar-refractivity contribution in [3.8, 4) is 0 Å². The summed E-state index contributed by atoms with van der Waals surface area (Å²) in [6.45, 7) is 5.48. The van der Waals surface area contributed by atoms with Crippen LogP contribution in [0.5, 0.6) is 0 Å². The van der Waals surface area contributed by atoms with Crippen LogP contribution in [0, 0.1) is 0 Å². The van der Waals surface area contributed by atoms with Gasteiger partial charge in [-0.25, -0.2) is 0 Å². The monoisotopic (exact) mass is 330 g/mol. The summed E-state index contributed by atoms with van der Waals surface area (Å²) in [7, 11) is 1.50. The zero-order valence-corrected chi connectivity index (χ0v) is 14.0. The zero-order chi connectivity index (χ0) is 17.6. The van der Waals surface area contributed by atoms with Gasteiger partial charge in [0.05, 0.1) is 16.7 Å². The van der Waals surface area contributed by atoms with Gasteiger partial charge >= 0.3 is 0 Å². The Hall–Kier alpha value is -2.67. The number of hydrogen-bond acceptors (Lipinski definition) is 5. The highest BCUT2D eigenvalue weighted by atomic mass is 16.7. The molecule has 1 aliphatic heterocycles. The number of aryl methyl sites for hydroxylation is 1. The molecule has 7 heteroatoms. The molecule has 3 rings (SSSR count). The minimum atomic E-state index is -0.534. The van der Waals surface area contributed by atoms with Crippen molar-refractivity contribution in [3.05, 3.63) is 57.1 Å².